The number of esters is 1. The second kappa shape index (κ2) is 9.75. The Labute approximate surface area is 166 Å². The van der Waals surface area contributed by atoms with Gasteiger partial charge in [0.15, 0.2) is 12.4 Å². The molecule has 0 aliphatic carbocycles. The molecule has 1 N–H and O–H groups in total. The van der Waals surface area contributed by atoms with Crippen LogP contribution in [-0.4, -0.2) is 36.3 Å². The van der Waals surface area contributed by atoms with Crippen LogP contribution in [0.5, 0.6) is 5.75 Å². The van der Waals surface area contributed by atoms with Gasteiger partial charge >= 0.3 is 11.7 Å². The molecule has 0 bridgehead atoms. The molecule has 0 radical (unpaired) electrons. The summed E-state index contributed by atoms with van der Waals surface area (Å²) in [6.07, 6.45) is 0. The van der Waals surface area contributed by atoms with Crippen molar-refractivity contribution < 1.29 is 24.0 Å². The molecule has 0 saturated carbocycles. The molecule has 9 heteroatoms. The third-order valence-electron chi connectivity index (χ3n) is 3.74. The van der Waals surface area contributed by atoms with E-state index in [2.05, 4.69) is 5.32 Å². The maximum Gasteiger partial charge on any atom is 0.339 e. The molecule has 0 heterocycles. The molecule has 0 atom stereocenters. The number of carbonyl (C=O) groups excluding carboxylic acids is 2. The average molecular weight is 404 g/mol. The van der Waals surface area contributed by atoms with E-state index in [0.717, 1.165) is 10.6 Å². The van der Waals surface area contributed by atoms with Gasteiger partial charge in [0.25, 0.3) is 5.91 Å². The van der Waals surface area contributed by atoms with Crippen molar-refractivity contribution in [2.45, 2.75) is 18.7 Å². The Bertz CT molecular complexity index is 900. The van der Waals surface area contributed by atoms with Gasteiger partial charge in [0.2, 0.25) is 0 Å². The molecule has 1 amide bonds. The zero-order valence-electron chi connectivity index (χ0n) is 15.7. The van der Waals surface area contributed by atoms with E-state index in [9.17, 15) is 19.7 Å². The molecular weight excluding hydrogens is 384 g/mol. The van der Waals surface area contributed by atoms with Gasteiger partial charge in [-0.1, -0.05) is 19.1 Å². The fourth-order valence-corrected chi connectivity index (χ4v) is 3.22. The van der Waals surface area contributed by atoms with E-state index in [1.165, 1.54) is 31.0 Å². The Hall–Kier alpha value is -3.07. The number of anilines is 1. The number of ether oxygens (including phenoxy) is 2. The standard InChI is InChI=1S/C19H20N2O6S/c1-4-28-17-8-6-5-7-13(17)19(23)27-11-18(22)20-14-10-16(26-3)15(21(24)25)9-12(14)2/h5-10H,4,11H2,1-3H3,(H,20,22). The number of aryl methyl sites for hydroxylation is 1. The molecule has 2 rings (SSSR count). The lowest BCUT2D eigenvalue weighted by Gasteiger charge is -2.12. The first kappa shape index (κ1) is 21.2. The fourth-order valence-electron chi connectivity index (χ4n) is 2.43. The largest absolute Gasteiger partial charge is 0.490 e. The van der Waals surface area contributed by atoms with Gasteiger partial charge in [0.1, 0.15) is 0 Å². The SMILES string of the molecule is CCSc1ccccc1C(=O)OCC(=O)Nc1cc(OC)c([N+](=O)[O-])cc1C. The van der Waals surface area contributed by atoms with Gasteiger partial charge < -0.3 is 14.8 Å². The molecule has 0 saturated heterocycles. The monoisotopic (exact) mass is 404 g/mol. The highest BCUT2D eigenvalue weighted by atomic mass is 32.2. The summed E-state index contributed by atoms with van der Waals surface area (Å²) >= 11 is 1.51. The van der Waals surface area contributed by atoms with Gasteiger partial charge in [-0.3, -0.25) is 14.9 Å². The first-order chi connectivity index (χ1) is 13.4. The molecule has 2 aromatic carbocycles. The summed E-state index contributed by atoms with van der Waals surface area (Å²) in [6, 6.07) is 9.68. The summed E-state index contributed by atoms with van der Waals surface area (Å²) < 4.78 is 10.1. The van der Waals surface area contributed by atoms with Crippen LogP contribution in [0.3, 0.4) is 0 Å². The minimum atomic E-state index is -0.593. The number of carbonyl (C=O) groups is 2. The predicted molar refractivity (Wildman–Crippen MR) is 106 cm³/mol. The number of nitrogens with zero attached hydrogens (tertiary/aromatic N) is 1. The van der Waals surface area contributed by atoms with Crippen molar-refractivity contribution in [3.63, 3.8) is 0 Å². The number of nitro benzene ring substituents is 1. The van der Waals surface area contributed by atoms with Crippen LogP contribution in [0.15, 0.2) is 41.3 Å². The van der Waals surface area contributed by atoms with E-state index < -0.39 is 23.4 Å². The smallest absolute Gasteiger partial charge is 0.339 e. The zero-order valence-corrected chi connectivity index (χ0v) is 16.5. The molecule has 148 valence electrons. The lowest BCUT2D eigenvalue weighted by Crippen LogP contribution is -2.21. The van der Waals surface area contributed by atoms with Gasteiger partial charge in [-0.2, -0.15) is 0 Å². The Morgan fingerprint density at radius 2 is 1.96 bits per heavy atom. The molecule has 28 heavy (non-hydrogen) atoms. The van der Waals surface area contributed by atoms with Crippen LogP contribution < -0.4 is 10.1 Å². The number of benzene rings is 2. The third-order valence-corrected chi connectivity index (χ3v) is 4.69. The van der Waals surface area contributed by atoms with Crippen molar-refractivity contribution in [1.29, 1.82) is 0 Å². The number of amides is 1. The number of thioether (sulfide) groups is 1. The van der Waals surface area contributed by atoms with Gasteiger partial charge in [-0.15, -0.1) is 11.8 Å². The van der Waals surface area contributed by atoms with Crippen molar-refractivity contribution in [2.24, 2.45) is 0 Å². The predicted octanol–water partition coefficient (Wildman–Crippen LogP) is 3.82. The maximum absolute atomic E-state index is 12.3. The van der Waals surface area contributed by atoms with Gasteiger partial charge in [-0.05, 0) is 30.4 Å². The Balaban J connectivity index is 2.05. The Kier molecular flexibility index (Phi) is 7.39. The van der Waals surface area contributed by atoms with Crippen molar-refractivity contribution in [3.8, 4) is 5.75 Å². The van der Waals surface area contributed by atoms with E-state index in [1.54, 1.807) is 19.1 Å². The second-order valence-corrected chi connectivity index (χ2v) is 6.96. The molecule has 0 unspecified atom stereocenters. The first-order valence-corrected chi connectivity index (χ1v) is 9.37. The number of nitrogens with one attached hydrogen (secondary N) is 1. The van der Waals surface area contributed by atoms with E-state index >= 15 is 0 Å². The van der Waals surface area contributed by atoms with E-state index in [4.69, 9.17) is 9.47 Å². The van der Waals surface area contributed by atoms with Crippen molar-refractivity contribution in [3.05, 3.63) is 57.6 Å². The number of nitro groups is 1. The quantitative estimate of drug-likeness (QED) is 0.308. The average Bonchev–Trinajstić information content (AvgIpc) is 2.68. The molecule has 0 aromatic heterocycles. The van der Waals surface area contributed by atoms with Crippen LogP contribution >= 0.6 is 11.8 Å². The minimum absolute atomic E-state index is 0.0217. The minimum Gasteiger partial charge on any atom is -0.490 e. The zero-order chi connectivity index (χ0) is 20.7. The second-order valence-electron chi connectivity index (χ2n) is 5.65. The molecule has 8 nitrogen and oxygen atoms in total. The summed E-state index contributed by atoms with van der Waals surface area (Å²) in [6.45, 7) is 3.11. The van der Waals surface area contributed by atoms with Crippen molar-refractivity contribution in [2.75, 3.05) is 24.8 Å². The summed E-state index contributed by atoms with van der Waals surface area (Å²) in [5.74, 6) is -0.336. The van der Waals surface area contributed by atoms with Crippen molar-refractivity contribution in [1.82, 2.24) is 0 Å². The van der Waals surface area contributed by atoms with E-state index in [-0.39, 0.29) is 11.4 Å². The van der Waals surface area contributed by atoms with E-state index in [0.29, 0.717) is 16.8 Å². The van der Waals surface area contributed by atoms with E-state index in [1.807, 2.05) is 19.1 Å². The Morgan fingerprint density at radius 3 is 2.61 bits per heavy atom. The van der Waals surface area contributed by atoms with Gasteiger partial charge in [0.05, 0.1) is 17.6 Å². The maximum atomic E-state index is 12.3. The fraction of sp³-hybridized carbons (Fsp3) is 0.263. The summed E-state index contributed by atoms with van der Waals surface area (Å²) in [5, 5.41) is 13.6. The Morgan fingerprint density at radius 1 is 1.25 bits per heavy atom. The van der Waals surface area contributed by atoms with Gasteiger partial charge in [0, 0.05) is 22.7 Å². The molecule has 2 aromatic rings. The normalized spacial score (nSPS) is 10.2. The molecule has 0 aliphatic rings. The van der Waals surface area contributed by atoms with Crippen LogP contribution in [0.4, 0.5) is 11.4 Å². The first-order valence-electron chi connectivity index (χ1n) is 8.39. The van der Waals surface area contributed by atoms with Crippen LogP contribution in [0.1, 0.15) is 22.8 Å². The number of hydrogen-bond donors (Lipinski definition) is 1. The third kappa shape index (κ3) is 5.23. The number of methoxy groups -OCH3 is 1. The highest BCUT2D eigenvalue weighted by molar-refractivity contribution is 7.99. The number of hydrogen-bond acceptors (Lipinski definition) is 7. The lowest BCUT2D eigenvalue weighted by atomic mass is 10.1. The highest BCUT2D eigenvalue weighted by Gasteiger charge is 2.19. The topological polar surface area (TPSA) is 108 Å². The summed E-state index contributed by atoms with van der Waals surface area (Å²) in [7, 11) is 1.30. The molecule has 0 spiro atoms. The molecular formula is C19H20N2O6S. The van der Waals surface area contributed by atoms with Crippen LogP contribution in [0, 0.1) is 17.0 Å². The summed E-state index contributed by atoms with van der Waals surface area (Å²) in [4.78, 5) is 35.7. The number of rotatable bonds is 8. The van der Waals surface area contributed by atoms with Crippen LogP contribution in [0.25, 0.3) is 0 Å². The molecule has 0 aliphatic heterocycles. The van der Waals surface area contributed by atoms with Crippen molar-refractivity contribution >= 4 is 35.0 Å². The molecule has 0 fully saturated rings. The van der Waals surface area contributed by atoms with Crippen LogP contribution in [-0.2, 0) is 9.53 Å². The summed E-state index contributed by atoms with van der Waals surface area (Å²) in [5.41, 5.74) is 1.02. The van der Waals surface area contributed by atoms with Gasteiger partial charge in [-0.25, -0.2) is 4.79 Å². The lowest BCUT2D eigenvalue weighted by molar-refractivity contribution is -0.385. The van der Waals surface area contributed by atoms with Crippen LogP contribution in [0.2, 0.25) is 0 Å². The highest BCUT2D eigenvalue weighted by Crippen LogP contribution is 2.32.